The normalized spacial score (nSPS) is 25.3. The summed E-state index contributed by atoms with van der Waals surface area (Å²) in [7, 11) is 0. The largest absolute Gasteiger partial charge is 0.426 e. The van der Waals surface area contributed by atoms with Gasteiger partial charge in [0.2, 0.25) is 12.3 Å². The molecule has 0 bridgehead atoms. The smallest absolute Gasteiger partial charge is 0.235 e. The fraction of sp³-hybridized carbons (Fsp3) is 0.667. The van der Waals surface area contributed by atoms with Gasteiger partial charge < -0.3 is 14.5 Å². The van der Waals surface area contributed by atoms with Crippen molar-refractivity contribution in [2.45, 2.75) is 6.04 Å². The molecule has 60 valence electrons. The van der Waals surface area contributed by atoms with Crippen LogP contribution in [-0.4, -0.2) is 30.0 Å². The fourth-order valence-corrected chi connectivity index (χ4v) is 1.06. The van der Waals surface area contributed by atoms with Crippen LogP contribution in [0.15, 0.2) is 10.8 Å². The fourth-order valence-electron chi connectivity index (χ4n) is 1.06. The second kappa shape index (κ2) is 2.98. The van der Waals surface area contributed by atoms with Crippen LogP contribution in [0.2, 0.25) is 0 Å². The highest BCUT2D eigenvalue weighted by Crippen LogP contribution is 2.11. The summed E-state index contributed by atoms with van der Waals surface area (Å²) in [6, 6.07) is 0.0752. The molecule has 1 N–H and O–H groups in total. The zero-order valence-corrected chi connectivity index (χ0v) is 5.99. The molecule has 1 aliphatic heterocycles. The van der Waals surface area contributed by atoms with Gasteiger partial charge in [0.1, 0.15) is 6.04 Å². The first kappa shape index (κ1) is 6.75. The van der Waals surface area contributed by atoms with E-state index in [2.05, 4.69) is 15.5 Å². The van der Waals surface area contributed by atoms with Crippen molar-refractivity contribution in [3.8, 4) is 0 Å². The molecule has 0 saturated carbocycles. The summed E-state index contributed by atoms with van der Waals surface area (Å²) >= 11 is 0. The maximum absolute atomic E-state index is 5.22. The van der Waals surface area contributed by atoms with Crippen LogP contribution in [-0.2, 0) is 4.74 Å². The molecule has 0 amide bonds. The summed E-state index contributed by atoms with van der Waals surface area (Å²) in [5.41, 5.74) is 0. The Balaban J connectivity index is 2.04. The van der Waals surface area contributed by atoms with Crippen LogP contribution < -0.4 is 5.32 Å². The highest BCUT2D eigenvalue weighted by Gasteiger charge is 2.19. The Hall–Kier alpha value is -0.940. The van der Waals surface area contributed by atoms with Gasteiger partial charge in [0.05, 0.1) is 13.2 Å². The quantitative estimate of drug-likeness (QED) is 0.605. The number of nitrogens with zero attached hydrogens (tertiary/aromatic N) is 2. The van der Waals surface area contributed by atoms with E-state index in [1.54, 1.807) is 0 Å². The lowest BCUT2D eigenvalue weighted by molar-refractivity contribution is 0.0681. The van der Waals surface area contributed by atoms with Crippen molar-refractivity contribution in [2.24, 2.45) is 0 Å². The predicted molar refractivity (Wildman–Crippen MR) is 35.9 cm³/mol. The summed E-state index contributed by atoms with van der Waals surface area (Å²) < 4.78 is 10.2. The molecule has 2 rings (SSSR count). The van der Waals surface area contributed by atoms with Gasteiger partial charge in [0.25, 0.3) is 0 Å². The van der Waals surface area contributed by atoms with Gasteiger partial charge in [-0.2, -0.15) is 0 Å². The van der Waals surface area contributed by atoms with Gasteiger partial charge >= 0.3 is 0 Å². The molecule has 0 aliphatic carbocycles. The minimum absolute atomic E-state index is 0.0752. The Morgan fingerprint density at radius 1 is 1.64 bits per heavy atom. The van der Waals surface area contributed by atoms with E-state index >= 15 is 0 Å². The van der Waals surface area contributed by atoms with Crippen molar-refractivity contribution in [1.82, 2.24) is 15.5 Å². The summed E-state index contributed by atoms with van der Waals surface area (Å²) in [4.78, 5) is 0. The SMILES string of the molecule is c1nnc([C@H]2COCCN2)o1. The molecule has 1 saturated heterocycles. The maximum Gasteiger partial charge on any atom is 0.235 e. The van der Waals surface area contributed by atoms with Gasteiger partial charge in [-0.3, -0.25) is 0 Å². The molecular weight excluding hydrogens is 146 g/mol. The van der Waals surface area contributed by atoms with E-state index in [0.29, 0.717) is 12.5 Å². The van der Waals surface area contributed by atoms with E-state index in [0.717, 1.165) is 13.2 Å². The minimum atomic E-state index is 0.0752. The zero-order chi connectivity index (χ0) is 7.52. The van der Waals surface area contributed by atoms with Gasteiger partial charge in [-0.15, -0.1) is 10.2 Å². The van der Waals surface area contributed by atoms with Crippen molar-refractivity contribution < 1.29 is 9.15 Å². The van der Waals surface area contributed by atoms with Gasteiger partial charge in [0.15, 0.2) is 0 Å². The first-order chi connectivity index (χ1) is 5.47. The van der Waals surface area contributed by atoms with Crippen LogP contribution in [0, 0.1) is 0 Å². The molecule has 0 spiro atoms. The second-order valence-corrected chi connectivity index (χ2v) is 2.36. The molecule has 11 heavy (non-hydrogen) atoms. The van der Waals surface area contributed by atoms with Crippen molar-refractivity contribution in [3.05, 3.63) is 12.3 Å². The second-order valence-electron chi connectivity index (χ2n) is 2.36. The minimum Gasteiger partial charge on any atom is -0.426 e. The van der Waals surface area contributed by atoms with Crippen LogP contribution in [0.5, 0.6) is 0 Å². The average molecular weight is 155 g/mol. The molecule has 0 radical (unpaired) electrons. The number of hydrogen-bond donors (Lipinski definition) is 1. The summed E-state index contributed by atoms with van der Waals surface area (Å²) in [6.07, 6.45) is 1.33. The van der Waals surface area contributed by atoms with Crippen LogP contribution >= 0.6 is 0 Å². The van der Waals surface area contributed by atoms with E-state index in [1.807, 2.05) is 0 Å². The highest BCUT2D eigenvalue weighted by atomic mass is 16.5. The van der Waals surface area contributed by atoms with Gasteiger partial charge in [-0.1, -0.05) is 0 Å². The molecule has 1 aliphatic rings. The number of morpholine rings is 1. The maximum atomic E-state index is 5.22. The molecule has 5 nitrogen and oxygen atoms in total. The van der Waals surface area contributed by atoms with Crippen molar-refractivity contribution in [1.29, 1.82) is 0 Å². The number of rotatable bonds is 1. The van der Waals surface area contributed by atoms with Gasteiger partial charge in [0, 0.05) is 6.54 Å². The third-order valence-corrected chi connectivity index (χ3v) is 1.60. The van der Waals surface area contributed by atoms with Crippen LogP contribution in [0.3, 0.4) is 0 Å². The van der Waals surface area contributed by atoms with E-state index < -0.39 is 0 Å². The molecule has 1 aromatic heterocycles. The first-order valence-corrected chi connectivity index (χ1v) is 3.54. The molecule has 1 aromatic rings. The van der Waals surface area contributed by atoms with Crippen LogP contribution in [0.1, 0.15) is 11.9 Å². The Kier molecular flexibility index (Phi) is 1.83. The molecule has 2 heterocycles. The van der Waals surface area contributed by atoms with E-state index in [-0.39, 0.29) is 6.04 Å². The topological polar surface area (TPSA) is 60.2 Å². The lowest BCUT2D eigenvalue weighted by Gasteiger charge is -2.20. The number of ether oxygens (including phenoxy) is 1. The Morgan fingerprint density at radius 3 is 3.27 bits per heavy atom. The molecular formula is C6H9N3O2. The average Bonchev–Trinajstić information content (AvgIpc) is 2.58. The lowest BCUT2D eigenvalue weighted by Crippen LogP contribution is -2.34. The standard InChI is InChI=1S/C6H9N3O2/c1-2-10-3-5(7-1)6-9-8-4-11-6/h4-5,7H,1-3H2/t5-/m1/s1. The summed E-state index contributed by atoms with van der Waals surface area (Å²) in [5.74, 6) is 0.602. The third-order valence-electron chi connectivity index (χ3n) is 1.60. The van der Waals surface area contributed by atoms with Crippen molar-refractivity contribution >= 4 is 0 Å². The van der Waals surface area contributed by atoms with E-state index in [4.69, 9.17) is 9.15 Å². The Labute approximate surface area is 63.8 Å². The molecule has 1 atom stereocenters. The lowest BCUT2D eigenvalue weighted by atomic mass is 10.3. The Bertz CT molecular complexity index is 206. The highest BCUT2D eigenvalue weighted by molar-refractivity contribution is 4.87. The zero-order valence-electron chi connectivity index (χ0n) is 5.99. The molecule has 5 heteroatoms. The number of nitrogens with one attached hydrogen (secondary N) is 1. The summed E-state index contributed by atoms with van der Waals surface area (Å²) in [6.45, 7) is 2.21. The van der Waals surface area contributed by atoms with Crippen LogP contribution in [0.4, 0.5) is 0 Å². The number of hydrogen-bond acceptors (Lipinski definition) is 5. The van der Waals surface area contributed by atoms with Crippen LogP contribution in [0.25, 0.3) is 0 Å². The van der Waals surface area contributed by atoms with E-state index in [9.17, 15) is 0 Å². The monoisotopic (exact) mass is 155 g/mol. The van der Waals surface area contributed by atoms with Gasteiger partial charge in [-0.25, -0.2) is 0 Å². The molecule has 0 unspecified atom stereocenters. The van der Waals surface area contributed by atoms with E-state index in [1.165, 1.54) is 6.39 Å². The third kappa shape index (κ3) is 1.38. The predicted octanol–water partition coefficient (Wildman–Crippen LogP) is -0.270. The first-order valence-electron chi connectivity index (χ1n) is 3.54. The van der Waals surface area contributed by atoms with Crippen molar-refractivity contribution in [2.75, 3.05) is 19.8 Å². The van der Waals surface area contributed by atoms with Gasteiger partial charge in [-0.05, 0) is 0 Å². The molecule has 0 aromatic carbocycles. The Morgan fingerprint density at radius 2 is 2.64 bits per heavy atom. The van der Waals surface area contributed by atoms with Crippen molar-refractivity contribution in [3.63, 3.8) is 0 Å². The molecule has 1 fully saturated rings. The summed E-state index contributed by atoms with van der Waals surface area (Å²) in [5, 5.41) is 10.6. The number of aromatic nitrogens is 2.